The summed E-state index contributed by atoms with van der Waals surface area (Å²) in [7, 11) is 3.92. The number of hydrogen-bond acceptors (Lipinski definition) is 3. The summed E-state index contributed by atoms with van der Waals surface area (Å²) in [6, 6.07) is 0. The number of nitrogens with two attached hydrogens (primary N) is 1. The van der Waals surface area contributed by atoms with E-state index >= 15 is 0 Å². The Morgan fingerprint density at radius 2 is 2.22 bits per heavy atom. The van der Waals surface area contributed by atoms with Crippen LogP contribution in [0.5, 0.6) is 0 Å². The smallest absolute Gasteiger partial charge is 0.253 e. The van der Waals surface area contributed by atoms with E-state index in [9.17, 15) is 0 Å². The summed E-state index contributed by atoms with van der Waals surface area (Å²) in [6.07, 6.45) is 0. The van der Waals surface area contributed by atoms with Crippen LogP contribution in [0.4, 0.5) is 0 Å². The first-order valence-electron chi connectivity index (χ1n) is 2.70. The molecule has 0 aliphatic heterocycles. The van der Waals surface area contributed by atoms with Crippen molar-refractivity contribution in [3.05, 3.63) is 0 Å². The Kier molecular flexibility index (Phi) is 4.35. The van der Waals surface area contributed by atoms with Crippen LogP contribution in [0, 0.1) is 0 Å². The highest BCUT2D eigenvalue weighted by Crippen LogP contribution is 1.77. The molecule has 0 bridgehead atoms. The largest absolute Gasteiger partial charge is 0.470 e. The molecule has 0 atom stereocenters. The summed E-state index contributed by atoms with van der Waals surface area (Å²) in [5.74, 6) is 0. The van der Waals surface area contributed by atoms with Crippen LogP contribution >= 0.6 is 12.2 Å². The summed E-state index contributed by atoms with van der Waals surface area (Å²) in [5.41, 5.74) is 5.07. The van der Waals surface area contributed by atoms with Crippen LogP contribution in [0.1, 0.15) is 0 Å². The van der Waals surface area contributed by atoms with Gasteiger partial charge in [0, 0.05) is 6.54 Å². The van der Waals surface area contributed by atoms with E-state index in [0.717, 1.165) is 6.54 Å². The Hall–Kier alpha value is -0.350. The normalized spacial score (nSPS) is 9.67. The number of nitrogens with zero attached hydrogens (tertiary/aromatic N) is 1. The van der Waals surface area contributed by atoms with Crippen LogP contribution < -0.4 is 5.73 Å². The zero-order chi connectivity index (χ0) is 7.28. The van der Waals surface area contributed by atoms with Gasteiger partial charge in [0.15, 0.2) is 0 Å². The van der Waals surface area contributed by atoms with E-state index in [1.165, 1.54) is 0 Å². The van der Waals surface area contributed by atoms with Crippen molar-refractivity contribution in [2.45, 2.75) is 0 Å². The Labute approximate surface area is 60.8 Å². The van der Waals surface area contributed by atoms with Gasteiger partial charge in [-0.2, -0.15) is 0 Å². The van der Waals surface area contributed by atoms with Gasteiger partial charge < -0.3 is 15.4 Å². The summed E-state index contributed by atoms with van der Waals surface area (Å²) < 4.78 is 4.82. The zero-order valence-electron chi connectivity index (χ0n) is 5.76. The monoisotopic (exact) mass is 148 g/mol. The molecule has 0 aromatic rings. The van der Waals surface area contributed by atoms with Gasteiger partial charge in [-0.05, 0) is 26.3 Å². The van der Waals surface area contributed by atoms with Crippen LogP contribution in [0.2, 0.25) is 0 Å². The van der Waals surface area contributed by atoms with Gasteiger partial charge in [-0.15, -0.1) is 0 Å². The molecule has 0 saturated heterocycles. The molecule has 3 nitrogen and oxygen atoms in total. The lowest BCUT2D eigenvalue weighted by Gasteiger charge is -2.08. The van der Waals surface area contributed by atoms with Crippen LogP contribution in [0.15, 0.2) is 0 Å². The first-order chi connectivity index (χ1) is 4.13. The van der Waals surface area contributed by atoms with Crippen LogP contribution in [0.25, 0.3) is 0 Å². The van der Waals surface area contributed by atoms with E-state index in [0.29, 0.717) is 6.61 Å². The second kappa shape index (κ2) is 4.52. The highest BCUT2D eigenvalue weighted by atomic mass is 32.1. The SMILES string of the molecule is CN(C)CCOC(N)=S. The zero-order valence-corrected chi connectivity index (χ0v) is 6.57. The molecule has 0 unspecified atom stereocenters. The lowest BCUT2D eigenvalue weighted by molar-refractivity contribution is 0.254. The average Bonchev–Trinajstić information content (AvgIpc) is 1.63. The van der Waals surface area contributed by atoms with Crippen LogP contribution in [0.3, 0.4) is 0 Å². The second-order valence-electron chi connectivity index (χ2n) is 1.97. The maximum Gasteiger partial charge on any atom is 0.253 e. The fraction of sp³-hybridized carbons (Fsp3) is 0.800. The molecular formula is C5H12N2OS. The predicted octanol–water partition coefficient (Wildman–Crippen LogP) is -0.192. The minimum atomic E-state index is 0.122. The number of rotatable bonds is 3. The minimum absolute atomic E-state index is 0.122. The van der Waals surface area contributed by atoms with E-state index in [1.54, 1.807) is 0 Å². The van der Waals surface area contributed by atoms with Crippen LogP contribution in [-0.4, -0.2) is 37.3 Å². The van der Waals surface area contributed by atoms with Gasteiger partial charge in [-0.3, -0.25) is 0 Å². The van der Waals surface area contributed by atoms with Crippen molar-refractivity contribution in [2.75, 3.05) is 27.2 Å². The van der Waals surface area contributed by atoms with Gasteiger partial charge in [0.2, 0.25) is 0 Å². The van der Waals surface area contributed by atoms with Crippen molar-refractivity contribution in [2.24, 2.45) is 5.73 Å². The fourth-order valence-electron chi connectivity index (χ4n) is 0.329. The Bertz CT molecular complexity index is 95.0. The summed E-state index contributed by atoms with van der Waals surface area (Å²) in [4.78, 5) is 2.00. The lowest BCUT2D eigenvalue weighted by Crippen LogP contribution is -2.22. The topological polar surface area (TPSA) is 38.5 Å². The van der Waals surface area contributed by atoms with Crippen molar-refractivity contribution in [3.63, 3.8) is 0 Å². The number of hydrogen-bond donors (Lipinski definition) is 1. The molecule has 0 saturated carbocycles. The summed E-state index contributed by atoms with van der Waals surface area (Å²) in [6.45, 7) is 1.42. The molecule has 9 heavy (non-hydrogen) atoms. The van der Waals surface area contributed by atoms with Gasteiger partial charge in [-0.1, -0.05) is 0 Å². The molecular weight excluding hydrogens is 136 g/mol. The molecule has 0 rings (SSSR count). The standard InChI is InChI=1S/C5H12N2OS/c1-7(2)3-4-8-5(6)9/h3-4H2,1-2H3,(H2,6,9). The Balaban J connectivity index is 3.01. The fourth-order valence-corrected chi connectivity index (χ4v) is 0.412. The molecule has 0 amide bonds. The highest BCUT2D eigenvalue weighted by Gasteiger charge is 1.90. The maximum absolute atomic E-state index is 5.07. The van der Waals surface area contributed by atoms with Crippen molar-refractivity contribution >= 4 is 17.4 Å². The number of likely N-dealkylation sites (N-methyl/N-ethyl adjacent to an activating group) is 1. The highest BCUT2D eigenvalue weighted by molar-refractivity contribution is 7.80. The third-order valence-electron chi connectivity index (χ3n) is 0.783. The number of ether oxygens (including phenoxy) is 1. The molecule has 4 heteroatoms. The first-order valence-corrected chi connectivity index (χ1v) is 3.10. The lowest BCUT2D eigenvalue weighted by atomic mass is 10.6. The van der Waals surface area contributed by atoms with E-state index in [4.69, 9.17) is 10.5 Å². The number of thiocarbonyl (C=S) groups is 1. The van der Waals surface area contributed by atoms with Crippen molar-refractivity contribution < 1.29 is 4.74 Å². The molecule has 54 valence electrons. The third-order valence-corrected chi connectivity index (χ3v) is 0.901. The van der Waals surface area contributed by atoms with Gasteiger partial charge in [-0.25, -0.2) is 0 Å². The summed E-state index contributed by atoms with van der Waals surface area (Å²) >= 11 is 4.48. The molecule has 0 radical (unpaired) electrons. The van der Waals surface area contributed by atoms with Gasteiger partial charge in [0.25, 0.3) is 5.17 Å². The van der Waals surface area contributed by atoms with Crippen molar-refractivity contribution in [1.29, 1.82) is 0 Å². The molecule has 0 heterocycles. The van der Waals surface area contributed by atoms with E-state index in [2.05, 4.69) is 12.2 Å². The van der Waals surface area contributed by atoms with Crippen molar-refractivity contribution in [1.82, 2.24) is 4.90 Å². The quantitative estimate of drug-likeness (QED) is 0.563. The van der Waals surface area contributed by atoms with E-state index < -0.39 is 0 Å². The Morgan fingerprint density at radius 3 is 2.56 bits per heavy atom. The Morgan fingerprint density at radius 1 is 1.67 bits per heavy atom. The molecule has 0 aliphatic rings. The summed E-state index contributed by atoms with van der Waals surface area (Å²) in [5, 5.41) is 0.122. The first kappa shape index (κ1) is 8.65. The van der Waals surface area contributed by atoms with Gasteiger partial charge >= 0.3 is 0 Å². The molecule has 0 fully saturated rings. The molecule has 0 aromatic heterocycles. The molecule has 0 aromatic carbocycles. The van der Waals surface area contributed by atoms with Crippen LogP contribution in [-0.2, 0) is 4.74 Å². The second-order valence-corrected chi connectivity index (χ2v) is 2.37. The van der Waals surface area contributed by atoms with Crippen molar-refractivity contribution in [3.8, 4) is 0 Å². The molecule has 2 N–H and O–H groups in total. The van der Waals surface area contributed by atoms with E-state index in [-0.39, 0.29) is 5.17 Å². The third kappa shape index (κ3) is 7.65. The maximum atomic E-state index is 5.07. The predicted molar refractivity (Wildman–Crippen MR) is 41.3 cm³/mol. The minimum Gasteiger partial charge on any atom is -0.470 e. The molecule has 0 aliphatic carbocycles. The van der Waals surface area contributed by atoms with Gasteiger partial charge in [0.1, 0.15) is 6.61 Å². The van der Waals surface area contributed by atoms with Gasteiger partial charge in [0.05, 0.1) is 0 Å². The van der Waals surface area contributed by atoms with E-state index in [1.807, 2.05) is 19.0 Å². The average molecular weight is 148 g/mol. The molecule has 0 spiro atoms.